The van der Waals surface area contributed by atoms with Crippen molar-refractivity contribution < 1.29 is 0 Å². The SMILES string of the molecule is CCCC(NC/C=C/c1ccccc1)c1ccccc1.Cl. The first-order valence-corrected chi connectivity index (χ1v) is 7.40. The summed E-state index contributed by atoms with van der Waals surface area (Å²) in [6.07, 6.45) is 6.72. The zero-order valence-corrected chi connectivity index (χ0v) is 13.4. The summed E-state index contributed by atoms with van der Waals surface area (Å²) in [6, 6.07) is 21.6. The lowest BCUT2D eigenvalue weighted by atomic mass is 10.0. The Balaban J connectivity index is 0.00000220. The van der Waals surface area contributed by atoms with E-state index in [1.807, 2.05) is 6.07 Å². The van der Waals surface area contributed by atoms with Crippen LogP contribution in [0.2, 0.25) is 0 Å². The third-order valence-corrected chi connectivity index (χ3v) is 3.37. The van der Waals surface area contributed by atoms with Crippen LogP contribution in [0.4, 0.5) is 0 Å². The number of halogens is 1. The molecular weight excluding hydrogens is 278 g/mol. The van der Waals surface area contributed by atoms with E-state index in [4.69, 9.17) is 0 Å². The molecule has 1 N–H and O–H groups in total. The first-order chi connectivity index (χ1) is 9.90. The normalized spacial score (nSPS) is 12.0. The molecular formula is C19H24ClN. The van der Waals surface area contributed by atoms with Crippen molar-refractivity contribution in [1.82, 2.24) is 5.32 Å². The molecule has 0 spiro atoms. The molecule has 2 aromatic rings. The Labute approximate surface area is 134 Å². The highest BCUT2D eigenvalue weighted by atomic mass is 35.5. The van der Waals surface area contributed by atoms with Gasteiger partial charge in [-0.3, -0.25) is 0 Å². The maximum absolute atomic E-state index is 3.62. The van der Waals surface area contributed by atoms with Crippen LogP contribution in [-0.4, -0.2) is 6.54 Å². The Morgan fingerprint density at radius 3 is 2.19 bits per heavy atom. The summed E-state index contributed by atoms with van der Waals surface area (Å²) in [5, 5.41) is 3.62. The lowest BCUT2D eigenvalue weighted by molar-refractivity contribution is 0.521. The highest BCUT2D eigenvalue weighted by Crippen LogP contribution is 2.17. The van der Waals surface area contributed by atoms with Gasteiger partial charge >= 0.3 is 0 Å². The van der Waals surface area contributed by atoms with Crippen LogP contribution in [0.5, 0.6) is 0 Å². The van der Waals surface area contributed by atoms with Crippen molar-refractivity contribution in [2.24, 2.45) is 0 Å². The molecule has 2 aromatic carbocycles. The van der Waals surface area contributed by atoms with Gasteiger partial charge in [0.1, 0.15) is 0 Å². The summed E-state index contributed by atoms with van der Waals surface area (Å²) < 4.78 is 0. The Hall–Kier alpha value is -1.57. The van der Waals surface area contributed by atoms with Crippen LogP contribution < -0.4 is 5.32 Å². The first-order valence-electron chi connectivity index (χ1n) is 7.40. The van der Waals surface area contributed by atoms with Crippen LogP contribution in [0.3, 0.4) is 0 Å². The third kappa shape index (κ3) is 6.16. The predicted molar refractivity (Wildman–Crippen MR) is 94.8 cm³/mol. The Morgan fingerprint density at radius 2 is 1.57 bits per heavy atom. The van der Waals surface area contributed by atoms with Crippen molar-refractivity contribution in [2.75, 3.05) is 6.54 Å². The van der Waals surface area contributed by atoms with E-state index in [-0.39, 0.29) is 12.4 Å². The van der Waals surface area contributed by atoms with Crippen molar-refractivity contribution in [3.8, 4) is 0 Å². The quantitative estimate of drug-likeness (QED) is 0.736. The maximum Gasteiger partial charge on any atom is 0.0322 e. The molecule has 0 aliphatic carbocycles. The minimum atomic E-state index is 0. The molecule has 2 rings (SSSR count). The highest BCUT2D eigenvalue weighted by Gasteiger charge is 2.07. The summed E-state index contributed by atoms with van der Waals surface area (Å²) in [4.78, 5) is 0. The van der Waals surface area contributed by atoms with Crippen LogP contribution in [0.15, 0.2) is 66.7 Å². The van der Waals surface area contributed by atoms with Gasteiger partial charge in [-0.15, -0.1) is 12.4 Å². The molecule has 1 nitrogen and oxygen atoms in total. The molecule has 0 radical (unpaired) electrons. The zero-order valence-electron chi connectivity index (χ0n) is 12.5. The molecule has 0 saturated heterocycles. The van der Waals surface area contributed by atoms with Crippen molar-refractivity contribution in [2.45, 2.75) is 25.8 Å². The first kappa shape index (κ1) is 17.5. The summed E-state index contributed by atoms with van der Waals surface area (Å²) in [5.41, 5.74) is 2.63. The van der Waals surface area contributed by atoms with Crippen LogP contribution in [0, 0.1) is 0 Å². The largest absolute Gasteiger partial charge is 0.306 e. The van der Waals surface area contributed by atoms with Gasteiger partial charge in [-0.2, -0.15) is 0 Å². The van der Waals surface area contributed by atoms with E-state index < -0.39 is 0 Å². The average molecular weight is 302 g/mol. The van der Waals surface area contributed by atoms with E-state index in [1.54, 1.807) is 0 Å². The van der Waals surface area contributed by atoms with Crippen LogP contribution in [0.25, 0.3) is 6.08 Å². The van der Waals surface area contributed by atoms with E-state index >= 15 is 0 Å². The fourth-order valence-electron chi connectivity index (χ4n) is 2.33. The van der Waals surface area contributed by atoms with E-state index in [1.165, 1.54) is 24.0 Å². The minimum Gasteiger partial charge on any atom is -0.306 e. The molecule has 2 heteroatoms. The molecule has 0 bridgehead atoms. The molecule has 0 heterocycles. The van der Waals surface area contributed by atoms with Crippen LogP contribution in [-0.2, 0) is 0 Å². The summed E-state index contributed by atoms with van der Waals surface area (Å²) in [6.45, 7) is 3.13. The molecule has 21 heavy (non-hydrogen) atoms. The van der Waals surface area contributed by atoms with Crippen molar-refractivity contribution in [3.63, 3.8) is 0 Å². The molecule has 1 atom stereocenters. The number of hydrogen-bond acceptors (Lipinski definition) is 1. The van der Waals surface area contributed by atoms with Gasteiger partial charge in [-0.25, -0.2) is 0 Å². The van der Waals surface area contributed by atoms with Gasteiger partial charge in [0.05, 0.1) is 0 Å². The molecule has 0 aromatic heterocycles. The monoisotopic (exact) mass is 301 g/mol. The molecule has 0 saturated carbocycles. The van der Waals surface area contributed by atoms with Gasteiger partial charge in [0.15, 0.2) is 0 Å². The number of hydrogen-bond donors (Lipinski definition) is 1. The van der Waals surface area contributed by atoms with Crippen LogP contribution >= 0.6 is 12.4 Å². The smallest absolute Gasteiger partial charge is 0.0322 e. The second-order valence-electron chi connectivity index (χ2n) is 4.97. The van der Waals surface area contributed by atoms with Crippen molar-refractivity contribution >= 4 is 18.5 Å². The Morgan fingerprint density at radius 1 is 0.952 bits per heavy atom. The number of rotatable bonds is 7. The van der Waals surface area contributed by atoms with Gasteiger partial charge in [-0.1, -0.05) is 86.2 Å². The summed E-state index contributed by atoms with van der Waals surface area (Å²) in [5.74, 6) is 0. The van der Waals surface area contributed by atoms with Gasteiger partial charge in [0.2, 0.25) is 0 Å². The lowest BCUT2D eigenvalue weighted by Crippen LogP contribution is -2.21. The minimum absolute atomic E-state index is 0. The fraction of sp³-hybridized carbons (Fsp3) is 0.263. The molecule has 0 aliphatic heterocycles. The molecule has 0 amide bonds. The van der Waals surface area contributed by atoms with Gasteiger partial charge in [-0.05, 0) is 17.5 Å². The van der Waals surface area contributed by atoms with Gasteiger partial charge < -0.3 is 5.32 Å². The van der Waals surface area contributed by atoms with E-state index in [0.717, 1.165) is 6.54 Å². The zero-order chi connectivity index (χ0) is 14.0. The van der Waals surface area contributed by atoms with E-state index in [9.17, 15) is 0 Å². The Kier molecular flexibility index (Phi) is 8.49. The molecule has 112 valence electrons. The third-order valence-electron chi connectivity index (χ3n) is 3.37. The number of benzene rings is 2. The van der Waals surface area contributed by atoms with E-state index in [2.05, 4.69) is 79.0 Å². The van der Waals surface area contributed by atoms with Crippen molar-refractivity contribution in [1.29, 1.82) is 0 Å². The lowest BCUT2D eigenvalue weighted by Gasteiger charge is -2.17. The topological polar surface area (TPSA) is 12.0 Å². The Bertz CT molecular complexity index is 508. The predicted octanol–water partition coefficient (Wildman–Crippen LogP) is 5.25. The molecule has 1 unspecified atom stereocenters. The maximum atomic E-state index is 3.62. The number of nitrogens with one attached hydrogen (secondary N) is 1. The van der Waals surface area contributed by atoms with Gasteiger partial charge in [0, 0.05) is 12.6 Å². The van der Waals surface area contributed by atoms with Crippen LogP contribution in [0.1, 0.15) is 36.9 Å². The fourth-order valence-corrected chi connectivity index (χ4v) is 2.33. The molecule has 0 fully saturated rings. The van der Waals surface area contributed by atoms with Gasteiger partial charge in [0.25, 0.3) is 0 Å². The van der Waals surface area contributed by atoms with Crippen molar-refractivity contribution in [3.05, 3.63) is 77.9 Å². The highest BCUT2D eigenvalue weighted by molar-refractivity contribution is 5.85. The second-order valence-corrected chi connectivity index (χ2v) is 4.97. The van der Waals surface area contributed by atoms with E-state index in [0.29, 0.717) is 6.04 Å². The standard InChI is InChI=1S/C19H23N.ClH/c1-2-10-19(18-14-7-4-8-15-18)20-16-9-13-17-11-5-3-6-12-17;/h3-9,11-15,19-20H,2,10,16H2,1H3;1H/b13-9+;. The summed E-state index contributed by atoms with van der Waals surface area (Å²) >= 11 is 0. The molecule has 0 aliphatic rings. The second kappa shape index (κ2) is 10.2. The summed E-state index contributed by atoms with van der Waals surface area (Å²) in [7, 11) is 0. The average Bonchev–Trinajstić information content (AvgIpc) is 2.52.